The highest BCUT2D eigenvalue weighted by Gasteiger charge is 2.38. The summed E-state index contributed by atoms with van der Waals surface area (Å²) in [5.41, 5.74) is -0.823. The van der Waals surface area contributed by atoms with Gasteiger partial charge >= 0.3 is 5.97 Å². The highest BCUT2D eigenvalue weighted by molar-refractivity contribution is 7.99. The molecule has 1 fully saturated rings. The van der Waals surface area contributed by atoms with Crippen LogP contribution in [0.2, 0.25) is 0 Å². The topological polar surface area (TPSA) is 128 Å². The Kier molecular flexibility index (Phi) is 8.72. The minimum absolute atomic E-state index is 0.0465. The van der Waals surface area contributed by atoms with Crippen molar-refractivity contribution in [1.29, 1.82) is 0 Å². The van der Waals surface area contributed by atoms with Crippen molar-refractivity contribution in [2.75, 3.05) is 32.6 Å². The number of benzene rings is 1. The lowest BCUT2D eigenvalue weighted by Crippen LogP contribution is -2.43. The molecule has 1 saturated heterocycles. The third-order valence-electron chi connectivity index (χ3n) is 4.60. The van der Waals surface area contributed by atoms with E-state index in [2.05, 4.69) is 0 Å². The lowest BCUT2D eigenvalue weighted by atomic mass is 10.1. The maximum atomic E-state index is 13.3. The van der Waals surface area contributed by atoms with Crippen LogP contribution in [0.4, 0.5) is 5.69 Å². The minimum atomic E-state index is -1.24. The number of rotatable bonds is 11. The number of hydrogen-bond donors (Lipinski definition) is 1. The van der Waals surface area contributed by atoms with Gasteiger partial charge < -0.3 is 24.2 Å². The van der Waals surface area contributed by atoms with E-state index in [0.29, 0.717) is 13.2 Å². The monoisotopic (exact) mass is 442 g/mol. The van der Waals surface area contributed by atoms with Gasteiger partial charge in [-0.15, -0.1) is 11.8 Å². The largest absolute Gasteiger partial charge is 0.493 e. The Balaban J connectivity index is 2.41. The first-order valence-corrected chi connectivity index (χ1v) is 10.6. The summed E-state index contributed by atoms with van der Waals surface area (Å²) in [5, 5.41) is 20.4. The highest BCUT2D eigenvalue weighted by Crippen LogP contribution is 2.37. The molecule has 0 spiro atoms. The van der Waals surface area contributed by atoms with E-state index < -0.39 is 29.1 Å². The zero-order valence-corrected chi connectivity index (χ0v) is 18.0. The fourth-order valence-electron chi connectivity index (χ4n) is 3.36. The molecule has 1 aromatic carbocycles. The molecule has 1 aliphatic heterocycles. The summed E-state index contributed by atoms with van der Waals surface area (Å²) < 4.78 is 16.1. The van der Waals surface area contributed by atoms with Crippen LogP contribution in [0.15, 0.2) is 12.1 Å². The molecule has 0 bridgehead atoms. The van der Waals surface area contributed by atoms with Crippen LogP contribution in [0, 0.1) is 10.1 Å². The summed E-state index contributed by atoms with van der Waals surface area (Å²) in [5.74, 6) is -0.990. The maximum absolute atomic E-state index is 13.3. The number of methoxy groups -OCH3 is 1. The third kappa shape index (κ3) is 5.54. The molecule has 1 aliphatic rings. The summed E-state index contributed by atoms with van der Waals surface area (Å²) in [7, 11) is 1.31. The van der Waals surface area contributed by atoms with Gasteiger partial charge in [0.15, 0.2) is 18.1 Å². The van der Waals surface area contributed by atoms with Crippen molar-refractivity contribution in [3.8, 4) is 11.5 Å². The Morgan fingerprint density at radius 2 is 2.10 bits per heavy atom. The van der Waals surface area contributed by atoms with E-state index in [1.54, 1.807) is 16.7 Å². The van der Waals surface area contributed by atoms with Gasteiger partial charge in [-0.05, 0) is 25.5 Å². The molecule has 0 aliphatic carbocycles. The van der Waals surface area contributed by atoms with Crippen LogP contribution >= 0.6 is 11.8 Å². The number of hydrogen-bond acceptors (Lipinski definition) is 8. The number of amides is 1. The number of nitro benzene ring substituents is 1. The molecule has 2 unspecified atom stereocenters. The molecule has 1 heterocycles. The van der Waals surface area contributed by atoms with Crippen molar-refractivity contribution >= 4 is 29.3 Å². The second kappa shape index (κ2) is 11.0. The number of nitrogens with zero attached hydrogens (tertiary/aromatic N) is 2. The first kappa shape index (κ1) is 23.7. The van der Waals surface area contributed by atoms with Gasteiger partial charge in [-0.3, -0.25) is 14.9 Å². The van der Waals surface area contributed by atoms with Gasteiger partial charge in [-0.1, -0.05) is 6.92 Å². The molecule has 2 rings (SSSR count). The van der Waals surface area contributed by atoms with E-state index in [9.17, 15) is 19.7 Å². The molecule has 30 heavy (non-hydrogen) atoms. The van der Waals surface area contributed by atoms with Crippen LogP contribution in [0.5, 0.6) is 11.5 Å². The van der Waals surface area contributed by atoms with Gasteiger partial charge in [-0.25, -0.2) is 4.79 Å². The fraction of sp³-hybridized carbons (Fsp3) is 0.579. The van der Waals surface area contributed by atoms with E-state index in [1.165, 1.54) is 13.2 Å². The van der Waals surface area contributed by atoms with E-state index in [4.69, 9.17) is 19.3 Å². The highest BCUT2D eigenvalue weighted by atomic mass is 32.2. The number of ether oxygens (including phenoxy) is 3. The van der Waals surface area contributed by atoms with Crippen LogP contribution in [0.3, 0.4) is 0 Å². The Morgan fingerprint density at radius 3 is 2.67 bits per heavy atom. The van der Waals surface area contributed by atoms with Gasteiger partial charge in [0.2, 0.25) is 0 Å². The number of carbonyl (C=O) groups excluding carboxylic acids is 1. The molecular weight excluding hydrogens is 416 g/mol. The summed E-state index contributed by atoms with van der Waals surface area (Å²) in [6, 6.07) is 2.06. The zero-order chi connectivity index (χ0) is 22.3. The lowest BCUT2D eigenvalue weighted by molar-refractivity contribution is -0.385. The average molecular weight is 442 g/mol. The molecule has 0 radical (unpaired) electrons. The maximum Gasteiger partial charge on any atom is 0.341 e. The van der Waals surface area contributed by atoms with Crippen LogP contribution in [0.1, 0.15) is 37.0 Å². The fourth-order valence-corrected chi connectivity index (χ4v) is 4.43. The summed E-state index contributed by atoms with van der Waals surface area (Å²) in [6.45, 7) is 4.16. The Labute approximate surface area is 178 Å². The Hall–Kier alpha value is -2.53. The summed E-state index contributed by atoms with van der Waals surface area (Å²) >= 11 is 1.59. The predicted octanol–water partition coefficient (Wildman–Crippen LogP) is 2.79. The van der Waals surface area contributed by atoms with E-state index >= 15 is 0 Å². The quantitative estimate of drug-likeness (QED) is 0.312. The zero-order valence-electron chi connectivity index (χ0n) is 17.2. The van der Waals surface area contributed by atoms with Crippen molar-refractivity contribution in [2.45, 2.75) is 38.2 Å². The minimum Gasteiger partial charge on any atom is -0.493 e. The van der Waals surface area contributed by atoms with Gasteiger partial charge in [0.1, 0.15) is 11.0 Å². The molecular formula is C19H26N2O8S. The second-order valence-corrected chi connectivity index (χ2v) is 7.82. The lowest BCUT2D eigenvalue weighted by Gasteiger charge is -2.31. The molecule has 11 heteroatoms. The smallest absolute Gasteiger partial charge is 0.341 e. The van der Waals surface area contributed by atoms with Crippen LogP contribution in [-0.4, -0.2) is 70.9 Å². The number of likely N-dealkylation sites (tertiary alicyclic amines) is 1. The normalized spacial score (nSPS) is 16.9. The molecule has 2 atom stereocenters. The van der Waals surface area contributed by atoms with E-state index in [1.807, 2.05) is 13.8 Å². The molecule has 0 saturated carbocycles. The molecule has 1 amide bonds. The Bertz CT molecular complexity index is 782. The first-order valence-electron chi connectivity index (χ1n) is 9.59. The predicted molar refractivity (Wildman–Crippen MR) is 110 cm³/mol. The molecule has 10 nitrogen and oxygen atoms in total. The second-order valence-electron chi connectivity index (χ2n) is 6.45. The number of carboxylic acids is 1. The first-order chi connectivity index (χ1) is 14.3. The van der Waals surface area contributed by atoms with Gasteiger partial charge in [0, 0.05) is 19.2 Å². The molecule has 166 valence electrons. The van der Waals surface area contributed by atoms with Crippen molar-refractivity contribution in [2.24, 2.45) is 0 Å². The standard InChI is InChI=1S/C19H26N2O8S/c1-4-28-19(30-5-2)13-7-6-8-20(13)18(24)12-9-15(27-3)16(29-11-17(22)23)10-14(12)21(25)26/h9-10,13,19H,4-8,11H2,1-3H3,(H,22,23). The van der Waals surface area contributed by atoms with Gasteiger partial charge in [0.25, 0.3) is 11.6 Å². The number of carboxylic acid groups (broad SMARTS) is 1. The summed E-state index contributed by atoms with van der Waals surface area (Å²) in [6.07, 6.45) is 1.52. The summed E-state index contributed by atoms with van der Waals surface area (Å²) in [4.78, 5) is 36.6. The average Bonchev–Trinajstić information content (AvgIpc) is 3.20. The number of nitro groups is 1. The van der Waals surface area contributed by atoms with Gasteiger partial charge in [-0.2, -0.15) is 0 Å². The van der Waals surface area contributed by atoms with Crippen molar-refractivity contribution in [1.82, 2.24) is 4.90 Å². The van der Waals surface area contributed by atoms with Crippen molar-refractivity contribution in [3.63, 3.8) is 0 Å². The number of thioether (sulfide) groups is 1. The van der Waals surface area contributed by atoms with Crippen LogP contribution in [0.25, 0.3) is 0 Å². The van der Waals surface area contributed by atoms with Crippen LogP contribution in [-0.2, 0) is 9.53 Å². The molecule has 1 N–H and O–H groups in total. The number of aliphatic carboxylic acids is 1. The third-order valence-corrected chi connectivity index (χ3v) is 5.71. The Morgan fingerprint density at radius 1 is 1.37 bits per heavy atom. The van der Waals surface area contributed by atoms with Crippen molar-refractivity contribution < 1.29 is 33.8 Å². The SMILES string of the molecule is CCOC(SCC)C1CCCN1C(=O)c1cc(OC)c(OCC(=O)O)cc1[N+](=O)[O-]. The van der Waals surface area contributed by atoms with Crippen LogP contribution < -0.4 is 9.47 Å². The number of carbonyl (C=O) groups is 2. The van der Waals surface area contributed by atoms with Crippen molar-refractivity contribution in [3.05, 3.63) is 27.8 Å². The van der Waals surface area contributed by atoms with E-state index in [0.717, 1.165) is 24.7 Å². The van der Waals surface area contributed by atoms with Gasteiger partial charge in [0.05, 0.1) is 24.1 Å². The van der Waals surface area contributed by atoms with E-state index in [-0.39, 0.29) is 28.5 Å². The molecule has 0 aromatic heterocycles. The molecule has 1 aromatic rings.